The molecule has 8 atom stereocenters. The van der Waals surface area contributed by atoms with E-state index in [2.05, 4.69) is 4.72 Å². The van der Waals surface area contributed by atoms with Gasteiger partial charge >= 0.3 is 0 Å². The molecule has 1 fully saturated rings. The highest BCUT2D eigenvalue weighted by molar-refractivity contribution is 7.89. The Labute approximate surface area is 340 Å². The van der Waals surface area contributed by atoms with Crippen LogP contribution in [0, 0.1) is 0 Å². The summed E-state index contributed by atoms with van der Waals surface area (Å²) < 4.78 is 75.7. The van der Waals surface area contributed by atoms with Gasteiger partial charge in [0, 0.05) is 0 Å². The van der Waals surface area contributed by atoms with Gasteiger partial charge in [-0.3, -0.25) is 0 Å². The average Bonchev–Trinajstić information content (AvgIpc) is 3.26. The van der Waals surface area contributed by atoms with Crippen molar-refractivity contribution in [3.8, 4) is 0 Å². The first-order valence-corrected chi connectivity index (χ1v) is 20.8. The Balaban J connectivity index is 1.20. The fourth-order valence-corrected chi connectivity index (χ4v) is 8.09. The van der Waals surface area contributed by atoms with Gasteiger partial charge in [-0.2, -0.15) is 0 Å². The number of aliphatic hydroxyl groups is 1. The second kappa shape index (κ2) is 20.8. The summed E-state index contributed by atoms with van der Waals surface area (Å²) in [6.45, 7) is 0.996. The number of sulfonamides is 1. The number of benzene rings is 5. The first-order chi connectivity index (χ1) is 28.4. The van der Waals surface area contributed by atoms with Gasteiger partial charge in [0.1, 0.15) is 36.6 Å². The zero-order valence-corrected chi connectivity index (χ0v) is 32.8. The maximum absolute atomic E-state index is 14.1. The average molecular weight is 808 g/mol. The van der Waals surface area contributed by atoms with Gasteiger partial charge in [-0.1, -0.05) is 140 Å². The van der Waals surface area contributed by atoms with Crippen LogP contribution >= 0.6 is 0 Å². The van der Waals surface area contributed by atoms with Crippen molar-refractivity contribution in [2.24, 2.45) is 0 Å². The molecule has 2 aliphatic heterocycles. The lowest BCUT2D eigenvalue weighted by atomic mass is 9.96. The van der Waals surface area contributed by atoms with Gasteiger partial charge < -0.3 is 38.3 Å². The van der Waals surface area contributed by atoms with Crippen molar-refractivity contribution < 1.29 is 46.7 Å². The van der Waals surface area contributed by atoms with Crippen molar-refractivity contribution in [1.82, 2.24) is 4.72 Å². The van der Waals surface area contributed by atoms with E-state index in [1.807, 2.05) is 121 Å². The van der Waals surface area contributed by atoms with Crippen molar-refractivity contribution in [3.05, 3.63) is 186 Å². The van der Waals surface area contributed by atoms with Gasteiger partial charge in [0.25, 0.3) is 0 Å². The third-order valence-corrected chi connectivity index (χ3v) is 11.4. The predicted octanol–water partition coefficient (Wildman–Crippen LogP) is 6.32. The molecule has 5 aromatic carbocycles. The molecule has 0 aromatic heterocycles. The molecule has 0 spiro atoms. The van der Waals surface area contributed by atoms with Crippen LogP contribution in [0.1, 0.15) is 22.3 Å². The van der Waals surface area contributed by atoms with Crippen molar-refractivity contribution in [2.75, 3.05) is 13.2 Å². The minimum atomic E-state index is -4.20. The molecule has 1 saturated heterocycles. The quantitative estimate of drug-likeness (QED) is 0.0978. The molecule has 12 heteroatoms. The summed E-state index contributed by atoms with van der Waals surface area (Å²) in [5, 5.41) is 12.0. The summed E-state index contributed by atoms with van der Waals surface area (Å²) in [7, 11) is -4.20. The summed E-state index contributed by atoms with van der Waals surface area (Å²) >= 11 is 0. The minimum absolute atomic E-state index is 0.0264. The van der Waals surface area contributed by atoms with E-state index in [1.54, 1.807) is 30.5 Å². The third kappa shape index (κ3) is 11.5. The molecule has 58 heavy (non-hydrogen) atoms. The monoisotopic (exact) mass is 807 g/mol. The van der Waals surface area contributed by atoms with Gasteiger partial charge in [0.05, 0.1) is 50.8 Å². The molecule has 11 nitrogen and oxygen atoms in total. The minimum Gasteiger partial charge on any atom is -0.493 e. The van der Waals surface area contributed by atoms with Crippen LogP contribution in [0.25, 0.3) is 0 Å². The van der Waals surface area contributed by atoms with Gasteiger partial charge in [-0.15, -0.1) is 0 Å². The van der Waals surface area contributed by atoms with Crippen LogP contribution < -0.4 is 4.72 Å². The van der Waals surface area contributed by atoms with Gasteiger partial charge in [0.2, 0.25) is 10.0 Å². The first kappa shape index (κ1) is 41.4. The Kier molecular flexibility index (Phi) is 14.9. The maximum atomic E-state index is 14.1. The number of rotatable bonds is 19. The molecule has 0 unspecified atom stereocenters. The summed E-state index contributed by atoms with van der Waals surface area (Å²) in [5.74, 6) is 0. The molecule has 0 aliphatic carbocycles. The molecule has 0 amide bonds. The van der Waals surface area contributed by atoms with Crippen LogP contribution in [-0.2, 0) is 69.6 Å². The molecule has 2 aliphatic rings. The molecule has 5 aromatic rings. The predicted molar refractivity (Wildman–Crippen MR) is 216 cm³/mol. The van der Waals surface area contributed by atoms with Crippen molar-refractivity contribution in [3.63, 3.8) is 0 Å². The van der Waals surface area contributed by atoms with Crippen LogP contribution in [-0.4, -0.2) is 75.7 Å². The summed E-state index contributed by atoms with van der Waals surface area (Å²) in [4.78, 5) is 0.0264. The molecular weight excluding hydrogens is 759 g/mol. The molecule has 0 bridgehead atoms. The van der Waals surface area contributed by atoms with Crippen LogP contribution in [0.2, 0.25) is 0 Å². The van der Waals surface area contributed by atoms with Crippen LogP contribution in [0.5, 0.6) is 0 Å². The third-order valence-electron chi connectivity index (χ3n) is 9.88. The van der Waals surface area contributed by atoms with Crippen LogP contribution in [0.4, 0.5) is 0 Å². The zero-order valence-electron chi connectivity index (χ0n) is 32.0. The fraction of sp³-hybridized carbons (Fsp3) is 0.304. The standard InChI is InChI=1S/C46H49NO10S/c48-43-40(32-51-28-34-16-6-1-7-17-34)56-46(42(45(43)55-31-37-22-12-4-13-23-37)47-58(49,50)38-24-14-5-15-25-38)57-44-39(54-30-36-20-10-3-11-21-36)26-27-53-41(44)33-52-29-35-18-8-2-9-19-35/h1-27,39-48H,28-33H2/t39-,40-,41-,42-,43-,44+,45-,46+/m1/s1. The van der Waals surface area contributed by atoms with E-state index in [4.69, 9.17) is 33.2 Å². The topological polar surface area (TPSA) is 131 Å². The highest BCUT2D eigenvalue weighted by atomic mass is 32.2. The first-order valence-electron chi connectivity index (χ1n) is 19.4. The van der Waals surface area contributed by atoms with Crippen molar-refractivity contribution in [2.45, 2.75) is 80.3 Å². The van der Waals surface area contributed by atoms with E-state index >= 15 is 0 Å². The summed E-state index contributed by atoms with van der Waals surface area (Å²) in [5.41, 5.74) is 3.71. The Morgan fingerprint density at radius 2 is 1.03 bits per heavy atom. The Morgan fingerprint density at radius 3 is 1.57 bits per heavy atom. The summed E-state index contributed by atoms with van der Waals surface area (Å²) in [6.07, 6.45) is -3.71. The van der Waals surface area contributed by atoms with Crippen molar-refractivity contribution in [1.29, 1.82) is 0 Å². The lowest BCUT2D eigenvalue weighted by Crippen LogP contribution is -2.66. The van der Waals surface area contributed by atoms with E-state index in [9.17, 15) is 13.5 Å². The highest BCUT2D eigenvalue weighted by Gasteiger charge is 2.51. The molecule has 2 N–H and O–H groups in total. The van der Waals surface area contributed by atoms with Crippen LogP contribution in [0.15, 0.2) is 169 Å². The molecule has 2 heterocycles. The van der Waals surface area contributed by atoms with Crippen LogP contribution in [0.3, 0.4) is 0 Å². The van der Waals surface area contributed by atoms with Gasteiger partial charge in [0.15, 0.2) is 12.4 Å². The van der Waals surface area contributed by atoms with Gasteiger partial charge in [-0.25, -0.2) is 13.1 Å². The number of hydrogen-bond acceptors (Lipinski definition) is 10. The fourth-order valence-electron chi connectivity index (χ4n) is 6.84. The maximum Gasteiger partial charge on any atom is 0.241 e. The molecule has 0 saturated carbocycles. The Bertz CT molecular complexity index is 2080. The smallest absolute Gasteiger partial charge is 0.241 e. The lowest BCUT2D eigenvalue weighted by Gasteiger charge is -2.46. The van der Waals surface area contributed by atoms with E-state index in [1.165, 1.54) is 12.1 Å². The lowest BCUT2D eigenvalue weighted by molar-refractivity contribution is -0.307. The van der Waals surface area contributed by atoms with Crippen molar-refractivity contribution >= 4 is 10.0 Å². The zero-order chi connectivity index (χ0) is 40.0. The van der Waals surface area contributed by atoms with E-state index < -0.39 is 59.0 Å². The molecule has 304 valence electrons. The highest BCUT2D eigenvalue weighted by Crippen LogP contribution is 2.31. The largest absolute Gasteiger partial charge is 0.493 e. The number of nitrogens with one attached hydrogen (secondary N) is 1. The SMILES string of the molecule is O=S(=O)(N[C@H]1[C@H](O[C@H]2[C@H](OCc3ccccc3)C=CO[C@@H]2COCc2ccccc2)O[C@H](COCc2ccccc2)[C@@H](O)[C@@H]1OCc1ccccc1)c1ccccc1. The van der Waals surface area contributed by atoms with E-state index in [0.717, 1.165) is 22.3 Å². The Morgan fingerprint density at radius 1 is 0.569 bits per heavy atom. The molecular formula is C46H49NO10S. The van der Waals surface area contributed by atoms with E-state index in [0.29, 0.717) is 6.61 Å². The number of aliphatic hydroxyl groups excluding tert-OH is 1. The molecule has 7 rings (SSSR count). The Hall–Kier alpha value is -4.73. The number of ether oxygens (including phenoxy) is 7. The number of hydrogen-bond donors (Lipinski definition) is 2. The van der Waals surface area contributed by atoms with Gasteiger partial charge in [-0.05, 0) is 40.5 Å². The second-order valence-corrected chi connectivity index (χ2v) is 15.8. The van der Waals surface area contributed by atoms with E-state index in [-0.39, 0.29) is 37.9 Å². The second-order valence-electron chi connectivity index (χ2n) is 14.1. The summed E-state index contributed by atoms with van der Waals surface area (Å²) in [6, 6.07) is 45.3. The normalized spacial score (nSPS) is 24.6. The molecule has 0 radical (unpaired) electrons.